The van der Waals surface area contributed by atoms with Crippen molar-refractivity contribution in [2.45, 2.75) is 71.6 Å². The number of unbranched alkanes of at least 4 members (excludes halogenated alkanes) is 5. The Kier molecular flexibility index (Phi) is 11.0. The molecule has 0 saturated heterocycles. The summed E-state index contributed by atoms with van der Waals surface area (Å²) in [7, 11) is 0. The minimum absolute atomic E-state index is 0.392. The van der Waals surface area contributed by atoms with E-state index in [2.05, 4.69) is 13.8 Å². The largest absolute Gasteiger partial charge is 0.396 e. The molecule has 0 aromatic rings. The van der Waals surface area contributed by atoms with E-state index >= 15 is 0 Å². The van der Waals surface area contributed by atoms with Crippen LogP contribution in [0.5, 0.6) is 0 Å². The SMILES string of the molecule is CCCCCCCC[C@@H](CO)CCC. The molecular formula is C13H28O. The van der Waals surface area contributed by atoms with Gasteiger partial charge in [-0.15, -0.1) is 0 Å². The molecule has 0 heterocycles. The third kappa shape index (κ3) is 8.55. The van der Waals surface area contributed by atoms with E-state index in [0.717, 1.165) is 0 Å². The van der Waals surface area contributed by atoms with Crippen molar-refractivity contribution < 1.29 is 5.11 Å². The molecule has 0 aliphatic heterocycles. The van der Waals surface area contributed by atoms with Gasteiger partial charge in [-0.2, -0.15) is 0 Å². The molecule has 0 bridgehead atoms. The maximum atomic E-state index is 9.10. The molecule has 86 valence electrons. The van der Waals surface area contributed by atoms with E-state index in [1.54, 1.807) is 0 Å². The van der Waals surface area contributed by atoms with Crippen molar-refractivity contribution in [3.05, 3.63) is 0 Å². The van der Waals surface area contributed by atoms with Gasteiger partial charge in [-0.25, -0.2) is 0 Å². The molecule has 0 amide bonds. The van der Waals surface area contributed by atoms with Gasteiger partial charge in [-0.05, 0) is 18.8 Å². The van der Waals surface area contributed by atoms with Crippen molar-refractivity contribution in [2.24, 2.45) is 5.92 Å². The number of rotatable bonds is 10. The first-order valence-corrected chi connectivity index (χ1v) is 6.46. The van der Waals surface area contributed by atoms with Gasteiger partial charge in [0, 0.05) is 6.61 Å². The second kappa shape index (κ2) is 11.0. The fraction of sp³-hybridized carbons (Fsp3) is 1.00. The Morgan fingerprint density at radius 2 is 1.43 bits per heavy atom. The maximum Gasteiger partial charge on any atom is 0.0459 e. The fourth-order valence-electron chi connectivity index (χ4n) is 1.95. The van der Waals surface area contributed by atoms with E-state index in [-0.39, 0.29) is 0 Å². The highest BCUT2D eigenvalue weighted by atomic mass is 16.3. The van der Waals surface area contributed by atoms with Crippen molar-refractivity contribution in [3.8, 4) is 0 Å². The molecule has 0 radical (unpaired) electrons. The minimum Gasteiger partial charge on any atom is -0.396 e. The zero-order valence-electron chi connectivity index (χ0n) is 10.1. The molecule has 1 N–H and O–H groups in total. The second-order valence-electron chi connectivity index (χ2n) is 4.39. The summed E-state index contributed by atoms with van der Waals surface area (Å²) in [5.41, 5.74) is 0. The smallest absolute Gasteiger partial charge is 0.0459 e. The lowest BCUT2D eigenvalue weighted by atomic mass is 9.97. The number of aliphatic hydroxyl groups excluding tert-OH is 1. The van der Waals surface area contributed by atoms with Crippen LogP contribution in [-0.4, -0.2) is 11.7 Å². The third-order valence-corrected chi connectivity index (χ3v) is 2.92. The lowest BCUT2D eigenvalue weighted by molar-refractivity contribution is 0.206. The van der Waals surface area contributed by atoms with Gasteiger partial charge in [0.15, 0.2) is 0 Å². The summed E-state index contributed by atoms with van der Waals surface area (Å²) in [6.07, 6.45) is 11.8. The molecule has 1 atom stereocenters. The van der Waals surface area contributed by atoms with Crippen LogP contribution in [0.25, 0.3) is 0 Å². The molecule has 0 unspecified atom stereocenters. The average molecular weight is 200 g/mol. The highest BCUT2D eigenvalue weighted by Crippen LogP contribution is 2.15. The summed E-state index contributed by atoms with van der Waals surface area (Å²) in [5, 5.41) is 9.10. The summed E-state index contributed by atoms with van der Waals surface area (Å²) in [4.78, 5) is 0. The Morgan fingerprint density at radius 3 is 2.00 bits per heavy atom. The van der Waals surface area contributed by atoms with Gasteiger partial charge in [-0.1, -0.05) is 58.8 Å². The van der Waals surface area contributed by atoms with E-state index in [1.165, 1.54) is 57.8 Å². The molecule has 0 aliphatic carbocycles. The molecule has 0 fully saturated rings. The van der Waals surface area contributed by atoms with Crippen molar-refractivity contribution in [1.29, 1.82) is 0 Å². The fourth-order valence-corrected chi connectivity index (χ4v) is 1.95. The van der Waals surface area contributed by atoms with Gasteiger partial charge in [0.1, 0.15) is 0 Å². The van der Waals surface area contributed by atoms with E-state index in [1.807, 2.05) is 0 Å². The Labute approximate surface area is 89.9 Å². The zero-order valence-corrected chi connectivity index (χ0v) is 10.1. The van der Waals surface area contributed by atoms with E-state index in [4.69, 9.17) is 5.11 Å². The first-order valence-electron chi connectivity index (χ1n) is 6.46. The van der Waals surface area contributed by atoms with Crippen LogP contribution in [0.15, 0.2) is 0 Å². The normalized spacial score (nSPS) is 13.1. The van der Waals surface area contributed by atoms with Crippen LogP contribution in [0.2, 0.25) is 0 Å². The first kappa shape index (κ1) is 14.0. The highest BCUT2D eigenvalue weighted by Gasteiger charge is 2.04. The first-order chi connectivity index (χ1) is 6.85. The van der Waals surface area contributed by atoms with Crippen LogP contribution >= 0.6 is 0 Å². The van der Waals surface area contributed by atoms with E-state index in [0.29, 0.717) is 12.5 Å². The van der Waals surface area contributed by atoms with E-state index < -0.39 is 0 Å². The highest BCUT2D eigenvalue weighted by molar-refractivity contribution is 4.57. The van der Waals surface area contributed by atoms with Gasteiger partial charge >= 0.3 is 0 Å². The number of aliphatic hydroxyl groups is 1. The second-order valence-corrected chi connectivity index (χ2v) is 4.39. The predicted octanol–water partition coefficient (Wildman–Crippen LogP) is 4.15. The third-order valence-electron chi connectivity index (χ3n) is 2.92. The summed E-state index contributed by atoms with van der Waals surface area (Å²) in [6.45, 7) is 4.84. The Bertz CT molecular complexity index is 101. The van der Waals surface area contributed by atoms with Crippen LogP contribution in [0.4, 0.5) is 0 Å². The molecule has 0 rings (SSSR count). The maximum absolute atomic E-state index is 9.10. The van der Waals surface area contributed by atoms with Crippen LogP contribution in [0.1, 0.15) is 71.6 Å². The Hall–Kier alpha value is -0.0400. The molecule has 14 heavy (non-hydrogen) atoms. The lowest BCUT2D eigenvalue weighted by Gasteiger charge is -2.12. The Morgan fingerprint density at radius 1 is 0.786 bits per heavy atom. The van der Waals surface area contributed by atoms with Crippen LogP contribution in [0, 0.1) is 5.92 Å². The molecule has 0 spiro atoms. The average Bonchev–Trinajstić information content (AvgIpc) is 2.21. The van der Waals surface area contributed by atoms with Gasteiger partial charge in [0.2, 0.25) is 0 Å². The molecular weight excluding hydrogens is 172 g/mol. The molecule has 0 saturated carbocycles. The van der Waals surface area contributed by atoms with Crippen LogP contribution < -0.4 is 0 Å². The molecule has 0 aliphatic rings. The molecule has 1 nitrogen and oxygen atoms in total. The lowest BCUT2D eigenvalue weighted by Crippen LogP contribution is -2.05. The van der Waals surface area contributed by atoms with Gasteiger partial charge in [0.25, 0.3) is 0 Å². The summed E-state index contributed by atoms with van der Waals surface area (Å²) in [5.74, 6) is 0.575. The molecule has 0 aromatic heterocycles. The summed E-state index contributed by atoms with van der Waals surface area (Å²) < 4.78 is 0. The van der Waals surface area contributed by atoms with Gasteiger partial charge in [0.05, 0.1) is 0 Å². The van der Waals surface area contributed by atoms with Crippen LogP contribution in [-0.2, 0) is 0 Å². The zero-order chi connectivity index (χ0) is 10.6. The van der Waals surface area contributed by atoms with Gasteiger partial charge < -0.3 is 5.11 Å². The summed E-state index contributed by atoms with van der Waals surface area (Å²) in [6, 6.07) is 0. The van der Waals surface area contributed by atoms with Crippen molar-refractivity contribution in [1.82, 2.24) is 0 Å². The predicted molar refractivity (Wildman–Crippen MR) is 63.5 cm³/mol. The molecule has 1 heteroatoms. The Balaban J connectivity index is 3.15. The van der Waals surface area contributed by atoms with Crippen molar-refractivity contribution >= 4 is 0 Å². The summed E-state index contributed by atoms with van der Waals surface area (Å²) >= 11 is 0. The van der Waals surface area contributed by atoms with Crippen molar-refractivity contribution in [2.75, 3.05) is 6.61 Å². The van der Waals surface area contributed by atoms with Gasteiger partial charge in [-0.3, -0.25) is 0 Å². The quantitative estimate of drug-likeness (QED) is 0.525. The molecule has 0 aromatic carbocycles. The monoisotopic (exact) mass is 200 g/mol. The van der Waals surface area contributed by atoms with E-state index in [9.17, 15) is 0 Å². The minimum atomic E-state index is 0.392. The van der Waals surface area contributed by atoms with Crippen LogP contribution in [0.3, 0.4) is 0 Å². The standard InChI is InChI=1S/C13H28O/c1-3-5-6-7-8-9-11-13(12-14)10-4-2/h13-14H,3-12H2,1-2H3/t13-/m0/s1. The topological polar surface area (TPSA) is 20.2 Å². The van der Waals surface area contributed by atoms with Crippen molar-refractivity contribution in [3.63, 3.8) is 0 Å². The number of hydrogen-bond acceptors (Lipinski definition) is 1. The number of hydrogen-bond donors (Lipinski definition) is 1.